The molecule has 1 amide bonds. The van der Waals surface area contributed by atoms with E-state index < -0.39 is 11.7 Å². The lowest BCUT2D eigenvalue weighted by molar-refractivity contribution is 0.102. The number of carbonyl (C=O) groups excluding carboxylic acids is 1. The molecule has 0 fully saturated rings. The van der Waals surface area contributed by atoms with E-state index >= 15 is 0 Å². The van der Waals surface area contributed by atoms with Crippen molar-refractivity contribution < 1.29 is 9.18 Å². The van der Waals surface area contributed by atoms with Crippen molar-refractivity contribution in [2.45, 2.75) is 27.2 Å². The molecular formula is C21H21FN4O. The maximum Gasteiger partial charge on any atom is 0.274 e. The van der Waals surface area contributed by atoms with Gasteiger partial charge in [-0.2, -0.15) is 0 Å². The molecule has 0 aliphatic rings. The molecule has 0 saturated heterocycles. The maximum absolute atomic E-state index is 13.8. The van der Waals surface area contributed by atoms with E-state index in [1.165, 1.54) is 12.1 Å². The Kier molecular flexibility index (Phi) is 5.45. The maximum atomic E-state index is 13.8. The lowest BCUT2D eigenvalue weighted by Gasteiger charge is -2.14. The molecule has 5 nitrogen and oxygen atoms in total. The van der Waals surface area contributed by atoms with E-state index in [1.54, 1.807) is 25.1 Å². The first kappa shape index (κ1) is 18.5. The number of hydrogen-bond acceptors (Lipinski definition) is 4. The summed E-state index contributed by atoms with van der Waals surface area (Å²) in [7, 11) is 0. The minimum Gasteiger partial charge on any atom is -0.340 e. The second-order valence-electron chi connectivity index (χ2n) is 6.21. The number of rotatable bonds is 5. The minimum absolute atomic E-state index is 0.112. The third kappa shape index (κ3) is 4.28. The molecule has 3 rings (SSSR count). The van der Waals surface area contributed by atoms with E-state index in [2.05, 4.69) is 33.6 Å². The number of hydrogen-bond donors (Lipinski definition) is 2. The molecular weight excluding hydrogens is 343 g/mol. The summed E-state index contributed by atoms with van der Waals surface area (Å²) in [5.74, 6) is -0.0212. The van der Waals surface area contributed by atoms with Crippen LogP contribution in [-0.4, -0.2) is 15.9 Å². The van der Waals surface area contributed by atoms with Crippen LogP contribution in [0.3, 0.4) is 0 Å². The summed E-state index contributed by atoms with van der Waals surface area (Å²) < 4.78 is 13.8. The van der Waals surface area contributed by atoms with Crippen LogP contribution in [0.4, 0.5) is 21.6 Å². The third-order valence-electron chi connectivity index (χ3n) is 4.19. The van der Waals surface area contributed by atoms with Crippen LogP contribution in [0.2, 0.25) is 0 Å². The molecule has 0 aliphatic heterocycles. The van der Waals surface area contributed by atoms with Crippen molar-refractivity contribution in [2.75, 3.05) is 10.6 Å². The van der Waals surface area contributed by atoms with E-state index in [-0.39, 0.29) is 11.4 Å². The zero-order chi connectivity index (χ0) is 19.4. The SMILES string of the molecule is CCc1cccc(C)c1Nc1cc(C(=O)Nc2ccccc2F)nc(C)n1. The fraction of sp³-hybridized carbons (Fsp3) is 0.190. The molecule has 0 unspecified atom stereocenters. The second-order valence-corrected chi connectivity index (χ2v) is 6.21. The first-order valence-electron chi connectivity index (χ1n) is 8.75. The molecule has 27 heavy (non-hydrogen) atoms. The normalized spacial score (nSPS) is 10.5. The third-order valence-corrected chi connectivity index (χ3v) is 4.19. The van der Waals surface area contributed by atoms with Crippen molar-refractivity contribution in [1.82, 2.24) is 9.97 Å². The van der Waals surface area contributed by atoms with Crippen molar-refractivity contribution >= 4 is 23.1 Å². The second kappa shape index (κ2) is 7.95. The van der Waals surface area contributed by atoms with Gasteiger partial charge in [-0.1, -0.05) is 37.3 Å². The van der Waals surface area contributed by atoms with Crippen LogP contribution in [0.5, 0.6) is 0 Å². The summed E-state index contributed by atoms with van der Waals surface area (Å²) in [6.07, 6.45) is 0.870. The van der Waals surface area contributed by atoms with Gasteiger partial charge in [-0.3, -0.25) is 4.79 Å². The number of nitrogens with one attached hydrogen (secondary N) is 2. The molecule has 0 atom stereocenters. The van der Waals surface area contributed by atoms with Gasteiger partial charge in [0.2, 0.25) is 0 Å². The molecule has 3 aromatic rings. The summed E-state index contributed by atoms with van der Waals surface area (Å²) >= 11 is 0. The smallest absolute Gasteiger partial charge is 0.274 e. The number of para-hydroxylation sites is 2. The molecule has 0 saturated carbocycles. The van der Waals surface area contributed by atoms with Gasteiger partial charge in [0.05, 0.1) is 5.69 Å². The number of carbonyl (C=O) groups is 1. The average Bonchev–Trinajstić information content (AvgIpc) is 2.64. The van der Waals surface area contributed by atoms with Gasteiger partial charge in [0.15, 0.2) is 0 Å². The van der Waals surface area contributed by atoms with Gasteiger partial charge < -0.3 is 10.6 Å². The Balaban J connectivity index is 1.89. The quantitative estimate of drug-likeness (QED) is 0.683. The molecule has 0 aliphatic carbocycles. The molecule has 2 N–H and O–H groups in total. The summed E-state index contributed by atoms with van der Waals surface area (Å²) in [5.41, 5.74) is 3.49. The Morgan fingerprint density at radius 2 is 1.85 bits per heavy atom. The minimum atomic E-state index is -0.498. The number of aryl methyl sites for hydroxylation is 3. The van der Waals surface area contributed by atoms with Crippen LogP contribution in [0, 0.1) is 19.7 Å². The van der Waals surface area contributed by atoms with Gasteiger partial charge in [0, 0.05) is 11.8 Å². The van der Waals surface area contributed by atoms with Crippen molar-refractivity contribution in [3.8, 4) is 0 Å². The number of anilines is 3. The Bertz CT molecular complexity index is 988. The largest absolute Gasteiger partial charge is 0.340 e. The van der Waals surface area contributed by atoms with E-state index in [0.717, 1.165) is 23.2 Å². The number of nitrogens with zero attached hydrogens (tertiary/aromatic N) is 2. The molecule has 6 heteroatoms. The Hall–Kier alpha value is -3.28. The average molecular weight is 364 g/mol. The first-order chi connectivity index (χ1) is 13.0. The Morgan fingerprint density at radius 3 is 2.59 bits per heavy atom. The molecule has 1 aromatic heterocycles. The molecule has 2 aromatic carbocycles. The lowest BCUT2D eigenvalue weighted by Crippen LogP contribution is -2.16. The topological polar surface area (TPSA) is 66.9 Å². The predicted octanol–water partition coefficient (Wildman–Crippen LogP) is 4.79. The highest BCUT2D eigenvalue weighted by Crippen LogP contribution is 2.25. The van der Waals surface area contributed by atoms with Crippen LogP contribution >= 0.6 is 0 Å². The standard InChI is InChI=1S/C21H21FN4O/c1-4-15-9-7-8-13(2)20(15)26-19-12-18(23-14(3)24-19)21(27)25-17-11-6-5-10-16(17)22/h5-12H,4H2,1-3H3,(H,25,27)(H,23,24,26). The van der Waals surface area contributed by atoms with Crippen LogP contribution in [0.15, 0.2) is 48.5 Å². The predicted molar refractivity (Wildman–Crippen MR) is 105 cm³/mol. The molecule has 0 spiro atoms. The van der Waals surface area contributed by atoms with Gasteiger partial charge in [-0.25, -0.2) is 14.4 Å². The van der Waals surface area contributed by atoms with Gasteiger partial charge in [-0.05, 0) is 43.5 Å². The van der Waals surface area contributed by atoms with Crippen molar-refractivity contribution in [1.29, 1.82) is 0 Å². The van der Waals surface area contributed by atoms with Gasteiger partial charge in [-0.15, -0.1) is 0 Å². The van der Waals surface area contributed by atoms with E-state index in [0.29, 0.717) is 11.6 Å². The van der Waals surface area contributed by atoms with Crippen molar-refractivity contribution in [2.24, 2.45) is 0 Å². The first-order valence-corrected chi connectivity index (χ1v) is 8.75. The number of halogens is 1. The summed E-state index contributed by atoms with van der Waals surface area (Å²) in [6, 6.07) is 13.7. The monoisotopic (exact) mass is 364 g/mol. The van der Waals surface area contributed by atoms with E-state index in [4.69, 9.17) is 0 Å². The van der Waals surface area contributed by atoms with Crippen molar-refractivity contribution in [3.05, 3.63) is 77.0 Å². The molecule has 0 bridgehead atoms. The van der Waals surface area contributed by atoms with Crippen molar-refractivity contribution in [3.63, 3.8) is 0 Å². The van der Waals surface area contributed by atoms with E-state index in [1.807, 2.05) is 19.1 Å². The summed E-state index contributed by atoms with van der Waals surface area (Å²) in [6.45, 7) is 5.81. The summed E-state index contributed by atoms with van der Waals surface area (Å²) in [4.78, 5) is 21.1. The highest BCUT2D eigenvalue weighted by atomic mass is 19.1. The van der Waals surface area contributed by atoms with Gasteiger partial charge in [0.1, 0.15) is 23.2 Å². The number of benzene rings is 2. The molecule has 0 radical (unpaired) electrons. The van der Waals surface area contributed by atoms with Gasteiger partial charge in [0.25, 0.3) is 5.91 Å². The zero-order valence-corrected chi connectivity index (χ0v) is 15.5. The fourth-order valence-corrected chi connectivity index (χ4v) is 2.83. The van der Waals surface area contributed by atoms with Crippen LogP contribution in [0.1, 0.15) is 34.4 Å². The Labute approximate surface area is 157 Å². The highest BCUT2D eigenvalue weighted by molar-refractivity contribution is 6.03. The highest BCUT2D eigenvalue weighted by Gasteiger charge is 2.14. The summed E-state index contributed by atoms with van der Waals surface area (Å²) in [5, 5.41) is 5.84. The molecule has 138 valence electrons. The number of amides is 1. The lowest BCUT2D eigenvalue weighted by atomic mass is 10.1. The van der Waals surface area contributed by atoms with Gasteiger partial charge >= 0.3 is 0 Å². The van der Waals surface area contributed by atoms with Crippen LogP contribution < -0.4 is 10.6 Å². The van der Waals surface area contributed by atoms with Crippen LogP contribution in [0.25, 0.3) is 0 Å². The van der Waals surface area contributed by atoms with E-state index in [9.17, 15) is 9.18 Å². The zero-order valence-electron chi connectivity index (χ0n) is 15.5. The number of aromatic nitrogens is 2. The van der Waals surface area contributed by atoms with Crippen LogP contribution in [-0.2, 0) is 6.42 Å². The molecule has 1 heterocycles. The Morgan fingerprint density at radius 1 is 1.07 bits per heavy atom. The fourth-order valence-electron chi connectivity index (χ4n) is 2.83.